The van der Waals surface area contributed by atoms with Crippen molar-refractivity contribution in [3.63, 3.8) is 0 Å². The van der Waals surface area contributed by atoms with Gasteiger partial charge in [0.15, 0.2) is 0 Å². The fourth-order valence-electron chi connectivity index (χ4n) is 6.62. The van der Waals surface area contributed by atoms with Gasteiger partial charge in [-0.2, -0.15) is 0 Å². The van der Waals surface area contributed by atoms with E-state index in [0.29, 0.717) is 42.2 Å². The van der Waals surface area contributed by atoms with Crippen LogP contribution in [-0.2, 0) is 22.6 Å². The number of likely N-dealkylation sites (tertiary alicyclic amines) is 2. The summed E-state index contributed by atoms with van der Waals surface area (Å²) in [6, 6.07) is 10.7. The summed E-state index contributed by atoms with van der Waals surface area (Å²) in [7, 11) is 3.61. The molecule has 11 heteroatoms. The monoisotopic (exact) mass is 583 g/mol. The van der Waals surface area contributed by atoms with Crippen LogP contribution in [0, 0.1) is 5.82 Å². The Bertz CT molecular complexity index is 1740. The fourth-order valence-corrected chi connectivity index (χ4v) is 6.62. The van der Waals surface area contributed by atoms with E-state index >= 15 is 0 Å². The van der Waals surface area contributed by atoms with Gasteiger partial charge in [-0.1, -0.05) is 12.1 Å². The van der Waals surface area contributed by atoms with Crippen molar-refractivity contribution in [1.29, 1.82) is 0 Å². The van der Waals surface area contributed by atoms with Crippen molar-refractivity contribution < 1.29 is 18.7 Å². The molecule has 0 bridgehead atoms. The normalized spacial score (nSPS) is 20.6. The molecule has 7 rings (SSSR count). The Kier molecular flexibility index (Phi) is 7.06. The van der Waals surface area contributed by atoms with Crippen molar-refractivity contribution in [1.82, 2.24) is 29.5 Å². The largest absolute Gasteiger partial charge is 0.380 e. The molecule has 2 fully saturated rings. The maximum Gasteiger partial charge on any atom is 0.254 e. The zero-order chi connectivity index (χ0) is 29.7. The molecule has 0 aliphatic carbocycles. The third-order valence-electron chi connectivity index (χ3n) is 9.02. The highest BCUT2D eigenvalue weighted by Gasteiger charge is 2.30. The molecule has 4 aromatic rings. The number of pyridine rings is 2. The lowest BCUT2D eigenvalue weighted by Crippen LogP contribution is -2.35. The van der Waals surface area contributed by atoms with Gasteiger partial charge in [0.25, 0.3) is 5.91 Å². The number of piperidine rings is 1. The van der Waals surface area contributed by atoms with E-state index in [9.17, 15) is 14.0 Å². The molecular weight excluding hydrogens is 549 g/mol. The average Bonchev–Trinajstić information content (AvgIpc) is 3.74. The summed E-state index contributed by atoms with van der Waals surface area (Å²) in [5.74, 6) is 0.399. The SMILES string of the molecule is CO[C@H]1CCN(Cc2nc(Nc3ccc(-c4cnc5cc(F)ccn45)c4c3C(=O)NC4)ccc2C2CCN(C)C(=O)C2)C1. The number of fused-ring (bicyclic) bond motifs is 2. The van der Waals surface area contributed by atoms with Gasteiger partial charge in [-0.05, 0) is 48.1 Å². The molecule has 2 atom stereocenters. The Morgan fingerprint density at radius 3 is 2.84 bits per heavy atom. The second kappa shape index (κ2) is 11.1. The number of rotatable bonds is 7. The van der Waals surface area contributed by atoms with E-state index in [1.54, 1.807) is 24.4 Å². The first-order valence-corrected chi connectivity index (χ1v) is 14.7. The van der Waals surface area contributed by atoms with Gasteiger partial charge in [-0.3, -0.25) is 18.9 Å². The molecule has 6 heterocycles. The Morgan fingerprint density at radius 1 is 1.14 bits per heavy atom. The number of hydrogen-bond donors (Lipinski definition) is 2. The molecule has 43 heavy (non-hydrogen) atoms. The predicted octanol–water partition coefficient (Wildman–Crippen LogP) is 4.08. The number of anilines is 2. The van der Waals surface area contributed by atoms with Crippen molar-refractivity contribution in [3.05, 3.63) is 77.0 Å². The maximum atomic E-state index is 13.8. The summed E-state index contributed by atoms with van der Waals surface area (Å²) in [6.45, 7) is 3.54. The number of hydrogen-bond acceptors (Lipinski definition) is 7. The van der Waals surface area contributed by atoms with Gasteiger partial charge in [0, 0.05) is 71.1 Å². The third-order valence-corrected chi connectivity index (χ3v) is 9.02. The van der Waals surface area contributed by atoms with E-state index in [-0.39, 0.29) is 29.7 Å². The van der Waals surface area contributed by atoms with Crippen LogP contribution >= 0.6 is 0 Å². The minimum atomic E-state index is -0.352. The number of halogens is 1. The number of imidazole rings is 1. The van der Waals surface area contributed by atoms with Gasteiger partial charge in [0.1, 0.15) is 17.3 Å². The Hall–Kier alpha value is -4.35. The summed E-state index contributed by atoms with van der Waals surface area (Å²) < 4.78 is 21.2. The highest BCUT2D eigenvalue weighted by atomic mass is 19.1. The van der Waals surface area contributed by atoms with Crippen molar-refractivity contribution in [2.75, 3.05) is 39.1 Å². The highest BCUT2D eigenvalue weighted by molar-refractivity contribution is 6.06. The molecule has 3 aliphatic heterocycles. The molecular formula is C32H34FN7O3. The Labute approximate surface area is 248 Å². The first-order valence-electron chi connectivity index (χ1n) is 14.7. The molecule has 3 aromatic heterocycles. The van der Waals surface area contributed by atoms with Gasteiger partial charge in [0.05, 0.1) is 34.9 Å². The summed E-state index contributed by atoms with van der Waals surface area (Å²) in [5, 5.41) is 6.38. The van der Waals surface area contributed by atoms with E-state index < -0.39 is 0 Å². The third kappa shape index (κ3) is 5.12. The standard InChI is InChI=1S/C32H34FN7O3/c1-38-10-7-19(13-30(38)41)22-4-6-28(37-26(22)18-39-11-9-21(17-39)43-2)36-25-5-3-23(24-15-35-32(42)31(24)25)27-16-34-29-14-20(33)8-12-40(27)29/h3-6,8,12,14,16,19,21H,7,9-11,13,15,17-18H2,1-2H3,(H,35,42)(H,36,37)/t19?,21-/m0/s1. The number of amides is 2. The molecule has 2 N–H and O–H groups in total. The molecule has 0 saturated carbocycles. The minimum Gasteiger partial charge on any atom is -0.380 e. The molecule has 0 spiro atoms. The Morgan fingerprint density at radius 2 is 2.02 bits per heavy atom. The number of carbonyl (C=O) groups excluding carboxylic acids is 2. The second-order valence-electron chi connectivity index (χ2n) is 11.7. The lowest BCUT2D eigenvalue weighted by atomic mass is 9.88. The van der Waals surface area contributed by atoms with Gasteiger partial charge >= 0.3 is 0 Å². The van der Waals surface area contributed by atoms with E-state index in [2.05, 4.69) is 26.6 Å². The summed E-state index contributed by atoms with van der Waals surface area (Å²) in [4.78, 5) is 39.2. The highest BCUT2D eigenvalue weighted by Crippen LogP contribution is 2.37. The van der Waals surface area contributed by atoms with E-state index in [0.717, 1.165) is 60.6 Å². The predicted molar refractivity (Wildman–Crippen MR) is 160 cm³/mol. The number of aromatic nitrogens is 3. The van der Waals surface area contributed by atoms with Gasteiger partial charge in [-0.25, -0.2) is 14.4 Å². The average molecular weight is 584 g/mol. The molecule has 2 saturated heterocycles. The van der Waals surface area contributed by atoms with Gasteiger partial charge < -0.3 is 20.3 Å². The van der Waals surface area contributed by atoms with Crippen molar-refractivity contribution >= 4 is 29.0 Å². The summed E-state index contributed by atoms with van der Waals surface area (Å²) in [6.07, 6.45) is 5.91. The van der Waals surface area contributed by atoms with Crippen LogP contribution in [0.2, 0.25) is 0 Å². The lowest BCUT2D eigenvalue weighted by molar-refractivity contribution is -0.132. The molecule has 2 amide bonds. The number of nitrogens with one attached hydrogen (secondary N) is 2. The van der Waals surface area contributed by atoms with E-state index in [1.165, 1.54) is 12.1 Å². The molecule has 1 unspecified atom stereocenters. The van der Waals surface area contributed by atoms with E-state index in [4.69, 9.17) is 9.72 Å². The van der Waals surface area contributed by atoms with Crippen LogP contribution in [0.15, 0.2) is 48.8 Å². The zero-order valence-electron chi connectivity index (χ0n) is 24.3. The molecule has 1 aromatic carbocycles. The quantitative estimate of drug-likeness (QED) is 0.338. The van der Waals surface area contributed by atoms with Crippen molar-refractivity contribution in [2.45, 2.75) is 44.4 Å². The molecule has 10 nitrogen and oxygen atoms in total. The topological polar surface area (TPSA) is 104 Å². The van der Waals surface area contributed by atoms with Crippen LogP contribution < -0.4 is 10.6 Å². The number of nitrogens with zero attached hydrogens (tertiary/aromatic N) is 5. The van der Waals surface area contributed by atoms with Crippen molar-refractivity contribution in [2.24, 2.45) is 0 Å². The second-order valence-corrected chi connectivity index (χ2v) is 11.7. The number of methoxy groups -OCH3 is 1. The molecule has 3 aliphatic rings. The van der Waals surface area contributed by atoms with Crippen LogP contribution in [0.25, 0.3) is 16.9 Å². The Balaban J connectivity index is 1.22. The number of benzene rings is 1. The van der Waals surface area contributed by atoms with Crippen LogP contribution in [0.1, 0.15) is 52.4 Å². The van der Waals surface area contributed by atoms with Crippen molar-refractivity contribution in [3.8, 4) is 11.3 Å². The molecule has 222 valence electrons. The zero-order valence-corrected chi connectivity index (χ0v) is 24.3. The van der Waals surface area contributed by atoms with Crippen LogP contribution in [0.5, 0.6) is 0 Å². The summed E-state index contributed by atoms with van der Waals surface area (Å²) >= 11 is 0. The van der Waals surface area contributed by atoms with Gasteiger partial charge in [-0.15, -0.1) is 0 Å². The van der Waals surface area contributed by atoms with Crippen LogP contribution in [0.4, 0.5) is 15.9 Å². The maximum absolute atomic E-state index is 13.8. The fraction of sp³-hybridized carbons (Fsp3) is 0.375. The lowest BCUT2D eigenvalue weighted by Gasteiger charge is -2.30. The number of ether oxygens (including phenoxy) is 1. The van der Waals surface area contributed by atoms with Crippen LogP contribution in [-0.4, -0.2) is 75.9 Å². The minimum absolute atomic E-state index is 0.120. The van der Waals surface area contributed by atoms with Gasteiger partial charge in [0.2, 0.25) is 5.91 Å². The van der Waals surface area contributed by atoms with E-state index in [1.807, 2.05) is 29.6 Å². The number of carbonyl (C=O) groups is 2. The first kappa shape index (κ1) is 27.5. The first-order chi connectivity index (χ1) is 20.9. The van der Waals surface area contributed by atoms with Crippen LogP contribution in [0.3, 0.4) is 0 Å². The summed E-state index contributed by atoms with van der Waals surface area (Å²) in [5.41, 5.74) is 6.27. The smallest absolute Gasteiger partial charge is 0.254 e. The molecule has 0 radical (unpaired) electrons.